The molecular formula is C81H58N4Si. The van der Waals surface area contributed by atoms with Crippen molar-refractivity contribution in [1.82, 2.24) is 9.88 Å². The molecule has 0 amide bonds. The van der Waals surface area contributed by atoms with Gasteiger partial charge in [-0.1, -0.05) is 297 Å². The summed E-state index contributed by atoms with van der Waals surface area (Å²) in [5.74, 6) is 1.43. The Kier molecular flexibility index (Phi) is 13.7. The number of aromatic nitrogens is 1. The fourth-order valence-electron chi connectivity index (χ4n) is 12.8. The fourth-order valence-corrected chi connectivity index (χ4v) is 17.6. The average Bonchev–Trinajstić information content (AvgIpc) is 1.48. The second-order valence-electron chi connectivity index (χ2n) is 22.1. The summed E-state index contributed by atoms with van der Waals surface area (Å²) in [4.78, 5) is 10.8. The highest BCUT2D eigenvalue weighted by Crippen LogP contribution is 2.35. The minimum absolute atomic E-state index is 0.399. The number of fused-ring (bicyclic) bond motifs is 3. The molecule has 1 unspecified atom stereocenters. The van der Waals surface area contributed by atoms with Crippen molar-refractivity contribution in [1.29, 1.82) is 0 Å². The fraction of sp³-hybridized carbons (Fsp3) is 0.0123. The van der Waals surface area contributed by atoms with Crippen LogP contribution in [0.1, 0.15) is 22.9 Å². The number of hydrogen-bond acceptors (Lipinski definition) is 3. The summed E-state index contributed by atoms with van der Waals surface area (Å²) in [5, 5.41) is 11.7. The second kappa shape index (κ2) is 22.6. The number of aliphatic imine (C=N–C) groups is 2. The highest BCUT2D eigenvalue weighted by Gasteiger charge is 2.41. The molecule has 0 bridgehead atoms. The van der Waals surface area contributed by atoms with Crippen LogP contribution in [0.25, 0.3) is 83.1 Å². The largest absolute Gasteiger partial charge is 0.344 e. The van der Waals surface area contributed by atoms with Crippen LogP contribution in [0.5, 0.6) is 0 Å². The zero-order valence-corrected chi connectivity index (χ0v) is 48.3. The molecule has 0 radical (unpaired) electrons. The summed E-state index contributed by atoms with van der Waals surface area (Å²) >= 11 is 0. The maximum atomic E-state index is 5.41. The minimum Gasteiger partial charge on any atom is -0.344 e. The van der Waals surface area contributed by atoms with Crippen LogP contribution < -0.4 is 26.1 Å². The Morgan fingerprint density at radius 3 is 1.17 bits per heavy atom. The summed E-state index contributed by atoms with van der Waals surface area (Å²) in [7, 11) is -2.72. The van der Waals surface area contributed by atoms with Crippen molar-refractivity contribution in [3.05, 3.63) is 356 Å². The van der Waals surface area contributed by atoms with E-state index in [0.29, 0.717) is 5.84 Å². The van der Waals surface area contributed by atoms with E-state index < -0.39 is 14.2 Å². The molecule has 406 valence electrons. The molecular weight excluding hydrogens is 1060 g/mol. The van der Waals surface area contributed by atoms with Gasteiger partial charge in [-0.25, -0.2) is 9.98 Å². The van der Waals surface area contributed by atoms with Crippen LogP contribution >= 0.6 is 0 Å². The molecule has 0 fully saturated rings. The van der Waals surface area contributed by atoms with Gasteiger partial charge in [0, 0.05) is 27.6 Å². The van der Waals surface area contributed by atoms with Crippen molar-refractivity contribution in [3.63, 3.8) is 0 Å². The summed E-state index contributed by atoms with van der Waals surface area (Å²) in [6.07, 6.45) is -0.399. The van der Waals surface area contributed by atoms with Gasteiger partial charge in [-0.2, -0.15) is 0 Å². The van der Waals surface area contributed by atoms with Crippen molar-refractivity contribution in [3.8, 4) is 61.3 Å². The van der Waals surface area contributed by atoms with Gasteiger partial charge in [0.2, 0.25) is 0 Å². The molecule has 1 aromatic heterocycles. The molecule has 0 spiro atoms. The Bertz CT molecular complexity index is 4670. The van der Waals surface area contributed by atoms with Crippen LogP contribution in [0.15, 0.2) is 350 Å². The number of benzene rings is 13. The van der Waals surface area contributed by atoms with E-state index in [1.165, 1.54) is 64.8 Å². The van der Waals surface area contributed by atoms with Gasteiger partial charge >= 0.3 is 0 Å². The standard InChI is InChI=1S/C81H58N4Si/c1-5-22-57(23-6-1)62-24-17-25-63(52-62)58-44-48-60(49-45-58)79-82-80(84-81(83-79)69-31-19-28-66(54-69)67-29-20-32-70(55-67)85-77-42-15-13-40-75(77)76-41-14-16-43-78(76)85)61-50-46-59(47-51-61)64-26-18-27-65(53-64)68-30-21-39-74(56-68)86(71-33-7-2-8-34-71,72-35-9-3-10-36-72)73-37-11-4-12-38-73/h1-56,79H,(H,82,83,84). The number of rotatable bonds is 13. The molecule has 1 aliphatic heterocycles. The Hall–Kier alpha value is -11.0. The summed E-state index contributed by atoms with van der Waals surface area (Å²) < 4.78 is 2.37. The van der Waals surface area contributed by atoms with Crippen LogP contribution in [0, 0.1) is 0 Å². The van der Waals surface area contributed by atoms with Crippen LogP contribution in [0.4, 0.5) is 0 Å². The second-order valence-corrected chi connectivity index (χ2v) is 25.9. The molecule has 0 saturated carbocycles. The first kappa shape index (κ1) is 51.9. The van der Waals surface area contributed by atoms with Crippen LogP contribution in [0.2, 0.25) is 0 Å². The van der Waals surface area contributed by atoms with Gasteiger partial charge in [0.15, 0.2) is 13.9 Å². The lowest BCUT2D eigenvalue weighted by molar-refractivity contribution is 0.674. The smallest absolute Gasteiger partial charge is 0.179 e. The summed E-state index contributed by atoms with van der Waals surface area (Å²) in [6, 6.07) is 123. The Labute approximate surface area is 503 Å². The van der Waals surface area contributed by atoms with E-state index in [1.807, 2.05) is 0 Å². The molecule has 5 heteroatoms. The zero-order valence-electron chi connectivity index (χ0n) is 47.3. The third-order valence-corrected chi connectivity index (χ3v) is 21.8. The lowest BCUT2D eigenvalue weighted by Gasteiger charge is -2.34. The van der Waals surface area contributed by atoms with Gasteiger partial charge in [0.05, 0.1) is 11.0 Å². The van der Waals surface area contributed by atoms with Crippen molar-refractivity contribution >= 4 is 62.3 Å². The van der Waals surface area contributed by atoms with E-state index in [1.54, 1.807) is 0 Å². The van der Waals surface area contributed by atoms with Crippen molar-refractivity contribution in [2.45, 2.75) is 6.17 Å². The maximum absolute atomic E-state index is 5.41. The molecule has 13 aromatic carbocycles. The number of hydrogen-bond donors (Lipinski definition) is 1. The van der Waals surface area contributed by atoms with E-state index in [9.17, 15) is 0 Å². The normalized spacial score (nSPS) is 13.2. The van der Waals surface area contributed by atoms with E-state index >= 15 is 0 Å². The van der Waals surface area contributed by atoms with E-state index in [-0.39, 0.29) is 0 Å². The van der Waals surface area contributed by atoms with Gasteiger partial charge in [0.25, 0.3) is 0 Å². The molecule has 14 aromatic rings. The Balaban J connectivity index is 0.771. The molecule has 0 saturated heterocycles. The molecule has 86 heavy (non-hydrogen) atoms. The van der Waals surface area contributed by atoms with Crippen LogP contribution in [0.3, 0.4) is 0 Å². The Morgan fingerprint density at radius 2 is 0.640 bits per heavy atom. The number of nitrogens with zero attached hydrogens (tertiary/aromatic N) is 3. The predicted molar refractivity (Wildman–Crippen MR) is 363 cm³/mol. The highest BCUT2D eigenvalue weighted by atomic mass is 28.3. The van der Waals surface area contributed by atoms with Crippen LogP contribution in [-0.2, 0) is 0 Å². The highest BCUT2D eigenvalue weighted by molar-refractivity contribution is 7.19. The third-order valence-electron chi connectivity index (χ3n) is 17.0. The SMILES string of the molecule is c1ccc(-c2cccc(-c3ccc(C4N=C(c5cccc(-c6cccc(-n7c8ccccc8c8ccccc87)c6)c5)N=C(c5ccc(-c6cccc(-c7cccc([Si](c8ccccc8)(c8ccccc8)c8ccccc8)c7)c6)cc5)N4)cc3)c2)cc1. The predicted octanol–water partition coefficient (Wildman–Crippen LogP) is 17.0. The van der Waals surface area contributed by atoms with Crippen molar-refractivity contribution in [2.75, 3.05) is 0 Å². The number of amidine groups is 2. The van der Waals surface area contributed by atoms with Crippen molar-refractivity contribution in [2.24, 2.45) is 9.98 Å². The first-order chi connectivity index (χ1) is 42.6. The van der Waals surface area contributed by atoms with Crippen molar-refractivity contribution < 1.29 is 0 Å². The number of nitrogens with one attached hydrogen (secondary N) is 1. The van der Waals surface area contributed by atoms with Crippen LogP contribution in [-0.4, -0.2) is 24.3 Å². The zero-order chi connectivity index (χ0) is 57.2. The van der Waals surface area contributed by atoms with Gasteiger partial charge in [0.1, 0.15) is 12.0 Å². The lowest BCUT2D eigenvalue weighted by Crippen LogP contribution is -2.74. The molecule has 1 atom stereocenters. The average molecular weight is 1120 g/mol. The van der Waals surface area contributed by atoms with Gasteiger partial charge in [-0.05, 0) is 124 Å². The summed E-state index contributed by atoms with van der Waals surface area (Å²) in [5.41, 5.74) is 18.0. The Morgan fingerprint density at radius 1 is 0.279 bits per heavy atom. The summed E-state index contributed by atoms with van der Waals surface area (Å²) in [6.45, 7) is 0. The van der Waals surface area contributed by atoms with Gasteiger partial charge in [-0.15, -0.1) is 0 Å². The first-order valence-corrected chi connectivity index (χ1v) is 31.5. The maximum Gasteiger partial charge on any atom is 0.179 e. The molecule has 2 heterocycles. The molecule has 0 aliphatic carbocycles. The van der Waals surface area contributed by atoms with Gasteiger partial charge < -0.3 is 9.88 Å². The van der Waals surface area contributed by atoms with E-state index in [2.05, 4.69) is 350 Å². The topological polar surface area (TPSA) is 41.7 Å². The third kappa shape index (κ3) is 9.76. The van der Waals surface area contributed by atoms with E-state index in [0.717, 1.165) is 61.6 Å². The first-order valence-electron chi connectivity index (χ1n) is 29.5. The molecule has 15 rings (SSSR count). The van der Waals surface area contributed by atoms with Gasteiger partial charge in [-0.3, -0.25) is 0 Å². The number of para-hydroxylation sites is 2. The molecule has 1 aliphatic rings. The lowest BCUT2D eigenvalue weighted by atomic mass is 9.97. The monoisotopic (exact) mass is 1110 g/mol. The molecule has 1 N–H and O–H groups in total. The molecule has 4 nitrogen and oxygen atoms in total. The minimum atomic E-state index is -2.72. The quantitative estimate of drug-likeness (QED) is 0.0907. The van der Waals surface area contributed by atoms with E-state index in [4.69, 9.17) is 9.98 Å².